The van der Waals surface area contributed by atoms with E-state index in [1.54, 1.807) is 30.3 Å². The summed E-state index contributed by atoms with van der Waals surface area (Å²) in [5.41, 5.74) is 2.24. The lowest BCUT2D eigenvalue weighted by Gasteiger charge is -2.13. The van der Waals surface area contributed by atoms with E-state index in [1.807, 2.05) is 41.8 Å². The Kier molecular flexibility index (Phi) is 6.82. The number of benzene rings is 2. The molecule has 1 unspecified atom stereocenters. The van der Waals surface area contributed by atoms with Crippen molar-refractivity contribution in [3.8, 4) is 6.07 Å². The molecular formula is C22H21N5OS. The molecule has 1 aromatic heterocycles. The van der Waals surface area contributed by atoms with Crippen molar-refractivity contribution in [1.29, 1.82) is 5.26 Å². The fraction of sp³-hybridized carbons (Fsp3) is 0.182. The molecule has 0 aliphatic carbocycles. The molecule has 0 radical (unpaired) electrons. The van der Waals surface area contributed by atoms with Crippen molar-refractivity contribution in [2.24, 2.45) is 0 Å². The Morgan fingerprint density at radius 3 is 2.79 bits per heavy atom. The molecule has 6 nitrogen and oxygen atoms in total. The molecule has 0 saturated heterocycles. The van der Waals surface area contributed by atoms with E-state index in [2.05, 4.69) is 28.2 Å². The van der Waals surface area contributed by atoms with Gasteiger partial charge in [0.1, 0.15) is 5.82 Å². The maximum absolute atomic E-state index is 12.6. The monoisotopic (exact) mass is 403 g/mol. The summed E-state index contributed by atoms with van der Waals surface area (Å²) in [6, 6.07) is 19.0. The van der Waals surface area contributed by atoms with Gasteiger partial charge in [-0.15, -0.1) is 16.8 Å². The molecule has 1 atom stereocenters. The molecule has 146 valence electrons. The quantitative estimate of drug-likeness (QED) is 0.453. The van der Waals surface area contributed by atoms with Crippen molar-refractivity contribution in [1.82, 2.24) is 14.8 Å². The minimum Gasteiger partial charge on any atom is -0.325 e. The van der Waals surface area contributed by atoms with Crippen LogP contribution in [-0.4, -0.2) is 25.9 Å². The maximum atomic E-state index is 12.6. The number of carbonyl (C=O) groups is 1. The molecule has 1 N–H and O–H groups in total. The average Bonchev–Trinajstić information content (AvgIpc) is 3.10. The SMILES string of the molecule is C=CCn1c(Cc2ccccc2)nnc1SC(C)C(=O)Nc1cccc(C#N)c1. The van der Waals surface area contributed by atoms with Gasteiger partial charge in [0.25, 0.3) is 0 Å². The summed E-state index contributed by atoms with van der Waals surface area (Å²) in [6.45, 7) is 6.20. The number of carbonyl (C=O) groups excluding carboxylic acids is 1. The van der Waals surface area contributed by atoms with E-state index in [-0.39, 0.29) is 5.91 Å². The van der Waals surface area contributed by atoms with Crippen LogP contribution in [0.4, 0.5) is 5.69 Å². The Labute approximate surface area is 174 Å². The molecule has 0 aliphatic rings. The maximum Gasteiger partial charge on any atom is 0.237 e. The van der Waals surface area contributed by atoms with Gasteiger partial charge in [0.05, 0.1) is 16.9 Å². The van der Waals surface area contributed by atoms with Crippen LogP contribution in [0.3, 0.4) is 0 Å². The lowest BCUT2D eigenvalue weighted by Crippen LogP contribution is -2.23. The molecular weight excluding hydrogens is 382 g/mol. The van der Waals surface area contributed by atoms with Gasteiger partial charge in [0, 0.05) is 18.7 Å². The molecule has 1 amide bonds. The molecule has 29 heavy (non-hydrogen) atoms. The number of nitrogens with zero attached hydrogens (tertiary/aromatic N) is 4. The number of hydrogen-bond acceptors (Lipinski definition) is 5. The van der Waals surface area contributed by atoms with Crippen molar-refractivity contribution < 1.29 is 4.79 Å². The number of hydrogen-bond donors (Lipinski definition) is 1. The second kappa shape index (κ2) is 9.71. The van der Waals surface area contributed by atoms with Gasteiger partial charge in [-0.3, -0.25) is 4.79 Å². The second-order valence-electron chi connectivity index (χ2n) is 6.40. The normalized spacial score (nSPS) is 11.4. The van der Waals surface area contributed by atoms with E-state index in [1.165, 1.54) is 11.8 Å². The zero-order valence-electron chi connectivity index (χ0n) is 16.1. The van der Waals surface area contributed by atoms with Gasteiger partial charge < -0.3 is 9.88 Å². The molecule has 3 aromatic rings. The van der Waals surface area contributed by atoms with Crippen molar-refractivity contribution in [3.05, 3.63) is 84.2 Å². The van der Waals surface area contributed by atoms with Crippen LogP contribution in [0.2, 0.25) is 0 Å². The van der Waals surface area contributed by atoms with Crippen molar-refractivity contribution >= 4 is 23.4 Å². The van der Waals surface area contributed by atoms with Crippen LogP contribution in [0.1, 0.15) is 23.9 Å². The first kappa shape index (κ1) is 20.4. The molecule has 0 fully saturated rings. The van der Waals surface area contributed by atoms with Gasteiger partial charge in [0.15, 0.2) is 5.16 Å². The molecule has 0 saturated carbocycles. The van der Waals surface area contributed by atoms with E-state index in [4.69, 9.17) is 5.26 Å². The van der Waals surface area contributed by atoms with Crippen LogP contribution in [0.5, 0.6) is 0 Å². The summed E-state index contributed by atoms with van der Waals surface area (Å²) in [5.74, 6) is 0.663. The fourth-order valence-electron chi connectivity index (χ4n) is 2.75. The zero-order chi connectivity index (χ0) is 20.6. The topological polar surface area (TPSA) is 83.6 Å². The van der Waals surface area contributed by atoms with Crippen molar-refractivity contribution in [2.45, 2.75) is 30.3 Å². The van der Waals surface area contributed by atoms with Crippen LogP contribution in [-0.2, 0) is 17.8 Å². The number of nitrogens with one attached hydrogen (secondary N) is 1. The van der Waals surface area contributed by atoms with Crippen molar-refractivity contribution in [3.63, 3.8) is 0 Å². The molecule has 7 heteroatoms. The molecule has 0 spiro atoms. The molecule has 2 aromatic carbocycles. The van der Waals surface area contributed by atoms with Crippen LogP contribution >= 0.6 is 11.8 Å². The first-order chi connectivity index (χ1) is 14.1. The fourth-order valence-corrected chi connectivity index (χ4v) is 3.63. The Bertz CT molecular complexity index is 1040. The highest BCUT2D eigenvalue weighted by atomic mass is 32.2. The third kappa shape index (κ3) is 5.33. The molecule has 0 bridgehead atoms. The smallest absolute Gasteiger partial charge is 0.237 e. The van der Waals surface area contributed by atoms with E-state index < -0.39 is 5.25 Å². The van der Waals surface area contributed by atoms with Crippen LogP contribution in [0.25, 0.3) is 0 Å². The highest BCUT2D eigenvalue weighted by Crippen LogP contribution is 2.24. The van der Waals surface area contributed by atoms with Gasteiger partial charge in [-0.2, -0.15) is 5.26 Å². The third-order valence-electron chi connectivity index (χ3n) is 4.22. The summed E-state index contributed by atoms with van der Waals surface area (Å²) in [6.07, 6.45) is 2.45. The zero-order valence-corrected chi connectivity index (χ0v) is 16.9. The van der Waals surface area contributed by atoms with Gasteiger partial charge in [-0.25, -0.2) is 0 Å². The van der Waals surface area contributed by atoms with Gasteiger partial charge >= 0.3 is 0 Å². The number of nitriles is 1. The predicted molar refractivity (Wildman–Crippen MR) is 115 cm³/mol. The van der Waals surface area contributed by atoms with E-state index in [9.17, 15) is 4.79 Å². The van der Waals surface area contributed by atoms with Gasteiger partial charge in [0.2, 0.25) is 5.91 Å². The van der Waals surface area contributed by atoms with Crippen LogP contribution < -0.4 is 5.32 Å². The molecule has 3 rings (SSSR count). The Hall–Kier alpha value is -3.37. The highest BCUT2D eigenvalue weighted by molar-refractivity contribution is 8.00. The number of anilines is 1. The number of rotatable bonds is 8. The summed E-state index contributed by atoms with van der Waals surface area (Å²) in [5, 5.41) is 20.7. The summed E-state index contributed by atoms with van der Waals surface area (Å²) < 4.78 is 1.98. The Morgan fingerprint density at radius 1 is 1.28 bits per heavy atom. The first-order valence-electron chi connectivity index (χ1n) is 9.15. The number of aromatic nitrogens is 3. The number of thioether (sulfide) groups is 1. The summed E-state index contributed by atoms with van der Waals surface area (Å²) >= 11 is 1.34. The van der Waals surface area contributed by atoms with Crippen LogP contribution in [0.15, 0.2) is 72.4 Å². The standard InChI is InChI=1S/C22H21N5OS/c1-3-12-27-20(14-17-8-5-4-6-9-17)25-26-22(27)29-16(2)21(28)24-19-11-7-10-18(13-19)15-23/h3-11,13,16H,1,12,14H2,2H3,(H,24,28). The summed E-state index contributed by atoms with van der Waals surface area (Å²) in [7, 11) is 0. The van der Waals surface area contributed by atoms with E-state index in [0.717, 1.165) is 11.4 Å². The van der Waals surface area contributed by atoms with Crippen molar-refractivity contribution in [2.75, 3.05) is 5.32 Å². The highest BCUT2D eigenvalue weighted by Gasteiger charge is 2.20. The van der Waals surface area contributed by atoms with Gasteiger partial charge in [-0.05, 0) is 30.7 Å². The number of amides is 1. The first-order valence-corrected chi connectivity index (χ1v) is 10.0. The third-order valence-corrected chi connectivity index (χ3v) is 5.30. The predicted octanol–water partition coefficient (Wildman–Crippen LogP) is 4.05. The largest absolute Gasteiger partial charge is 0.325 e. The molecule has 1 heterocycles. The Morgan fingerprint density at radius 2 is 2.07 bits per heavy atom. The summed E-state index contributed by atoms with van der Waals surface area (Å²) in [4.78, 5) is 12.6. The second-order valence-corrected chi connectivity index (χ2v) is 7.71. The lowest BCUT2D eigenvalue weighted by atomic mass is 10.1. The lowest BCUT2D eigenvalue weighted by molar-refractivity contribution is -0.115. The Balaban J connectivity index is 1.72. The molecule has 0 aliphatic heterocycles. The minimum atomic E-state index is -0.391. The van der Waals surface area contributed by atoms with Gasteiger partial charge in [-0.1, -0.05) is 54.2 Å². The van der Waals surface area contributed by atoms with E-state index >= 15 is 0 Å². The minimum absolute atomic E-state index is 0.164. The van der Waals surface area contributed by atoms with Crippen LogP contribution in [0, 0.1) is 11.3 Å². The van der Waals surface area contributed by atoms with E-state index in [0.29, 0.717) is 29.4 Å². The number of allylic oxidation sites excluding steroid dienone is 1. The average molecular weight is 404 g/mol.